The van der Waals surface area contributed by atoms with Crippen LogP contribution in [0.4, 0.5) is 0 Å². The maximum absolute atomic E-state index is 12.5. The van der Waals surface area contributed by atoms with Gasteiger partial charge in [-0.2, -0.15) is 11.8 Å². The fraction of sp³-hybridized carbons (Fsp3) is 0.421. The summed E-state index contributed by atoms with van der Waals surface area (Å²) in [7, 11) is 0. The van der Waals surface area contributed by atoms with E-state index in [1.54, 1.807) is 31.8 Å². The molecule has 0 saturated heterocycles. The first-order chi connectivity index (χ1) is 12.5. The van der Waals surface area contributed by atoms with E-state index in [9.17, 15) is 9.59 Å². The molecule has 0 aliphatic carbocycles. The van der Waals surface area contributed by atoms with Gasteiger partial charge in [0.05, 0.1) is 35.8 Å². The maximum Gasteiger partial charge on any atom is 0.336 e. The smallest absolute Gasteiger partial charge is 0.336 e. The lowest BCUT2D eigenvalue weighted by Gasteiger charge is -2.21. The van der Waals surface area contributed by atoms with Gasteiger partial charge in [0.2, 0.25) is 0 Å². The van der Waals surface area contributed by atoms with Gasteiger partial charge in [-0.3, -0.25) is 4.98 Å². The predicted molar refractivity (Wildman–Crippen MR) is 102 cm³/mol. The van der Waals surface area contributed by atoms with Crippen molar-refractivity contribution >= 4 is 29.4 Å². The second-order valence-electron chi connectivity index (χ2n) is 5.71. The van der Waals surface area contributed by atoms with E-state index in [2.05, 4.69) is 10.3 Å². The number of thioether (sulfide) groups is 1. The van der Waals surface area contributed by atoms with E-state index in [0.29, 0.717) is 16.8 Å². The summed E-state index contributed by atoms with van der Waals surface area (Å²) in [6.45, 7) is 5.96. The third-order valence-corrected chi connectivity index (χ3v) is 4.29. The molecule has 1 aromatic rings. The van der Waals surface area contributed by atoms with Crippen LogP contribution in [0.3, 0.4) is 0 Å². The fourth-order valence-corrected chi connectivity index (χ4v) is 3.13. The number of hydrogen-bond acceptors (Lipinski definition) is 7. The molecule has 1 aromatic heterocycles. The van der Waals surface area contributed by atoms with Gasteiger partial charge in [-0.1, -0.05) is 0 Å². The van der Waals surface area contributed by atoms with Crippen molar-refractivity contribution in [2.45, 2.75) is 32.9 Å². The molecule has 0 spiro atoms. The standard InChI is InChI=1S/C19H24N2O4S/c1-5-24-18(22)14-9-16(19(23)25-6-2)17(20-10-14)13-7-12(3)21-15(8-13)11-26-4/h7-8,10,20H,5-6,9,11H2,1-4H3. The molecule has 2 heterocycles. The van der Waals surface area contributed by atoms with Crippen molar-refractivity contribution < 1.29 is 19.1 Å². The fourth-order valence-electron chi connectivity index (χ4n) is 2.68. The molecular weight excluding hydrogens is 352 g/mol. The zero-order chi connectivity index (χ0) is 19.1. The molecule has 6 nitrogen and oxygen atoms in total. The van der Waals surface area contributed by atoms with Crippen LogP contribution in [0.2, 0.25) is 0 Å². The Hall–Kier alpha value is -2.28. The van der Waals surface area contributed by atoms with Crippen molar-refractivity contribution in [2.75, 3.05) is 19.5 Å². The van der Waals surface area contributed by atoms with E-state index in [1.807, 2.05) is 25.3 Å². The first-order valence-corrected chi connectivity index (χ1v) is 9.89. The number of nitrogens with zero attached hydrogens (tertiary/aromatic N) is 1. The minimum absolute atomic E-state index is 0.166. The molecule has 140 valence electrons. The molecule has 1 N–H and O–H groups in total. The zero-order valence-corrected chi connectivity index (χ0v) is 16.4. The number of esters is 2. The van der Waals surface area contributed by atoms with Crippen LogP contribution >= 0.6 is 11.8 Å². The van der Waals surface area contributed by atoms with Crippen molar-refractivity contribution in [1.82, 2.24) is 10.3 Å². The van der Waals surface area contributed by atoms with Gasteiger partial charge in [-0.05, 0) is 39.2 Å². The van der Waals surface area contributed by atoms with Gasteiger partial charge in [0.1, 0.15) is 0 Å². The molecule has 0 saturated carbocycles. The highest BCUT2D eigenvalue weighted by Crippen LogP contribution is 2.28. The molecule has 0 unspecified atom stereocenters. The van der Waals surface area contributed by atoms with Gasteiger partial charge in [0, 0.05) is 29.6 Å². The lowest BCUT2D eigenvalue weighted by Crippen LogP contribution is -2.24. The van der Waals surface area contributed by atoms with Crippen molar-refractivity contribution in [1.29, 1.82) is 0 Å². The highest BCUT2D eigenvalue weighted by atomic mass is 32.2. The summed E-state index contributed by atoms with van der Waals surface area (Å²) in [5.41, 5.74) is 4.11. The molecule has 1 aliphatic heterocycles. The maximum atomic E-state index is 12.5. The number of carbonyl (C=O) groups is 2. The molecular formula is C19H24N2O4S. The Kier molecular flexibility index (Phi) is 7.26. The third-order valence-electron chi connectivity index (χ3n) is 3.71. The summed E-state index contributed by atoms with van der Waals surface area (Å²) in [6, 6.07) is 3.86. The average Bonchev–Trinajstić information content (AvgIpc) is 2.61. The van der Waals surface area contributed by atoms with Crippen LogP contribution in [0.5, 0.6) is 0 Å². The van der Waals surface area contributed by atoms with E-state index in [4.69, 9.17) is 9.47 Å². The molecule has 0 aromatic carbocycles. The molecule has 7 heteroatoms. The number of pyridine rings is 1. The Morgan fingerprint density at radius 2 is 1.88 bits per heavy atom. The molecule has 0 fully saturated rings. The van der Waals surface area contributed by atoms with Gasteiger partial charge in [0.15, 0.2) is 0 Å². The summed E-state index contributed by atoms with van der Waals surface area (Å²) in [6.07, 6.45) is 3.78. The van der Waals surface area contributed by atoms with E-state index in [-0.39, 0.29) is 19.6 Å². The van der Waals surface area contributed by atoms with Crippen LogP contribution in [-0.2, 0) is 24.8 Å². The lowest BCUT2D eigenvalue weighted by atomic mass is 9.96. The van der Waals surface area contributed by atoms with E-state index < -0.39 is 11.9 Å². The van der Waals surface area contributed by atoms with Crippen LogP contribution < -0.4 is 5.32 Å². The first-order valence-electron chi connectivity index (χ1n) is 8.49. The number of aryl methyl sites for hydroxylation is 1. The normalized spacial score (nSPS) is 13.8. The van der Waals surface area contributed by atoms with Gasteiger partial charge in [0.25, 0.3) is 0 Å². The number of nitrogens with one attached hydrogen (secondary N) is 1. The van der Waals surface area contributed by atoms with Crippen LogP contribution in [0, 0.1) is 6.92 Å². The SMILES string of the molecule is CCOC(=O)C1=CNC(c2cc(C)nc(CSC)c2)=C(C(=O)OCC)C1. The number of hydrogen-bond donors (Lipinski definition) is 1. The average molecular weight is 376 g/mol. The van der Waals surface area contributed by atoms with Gasteiger partial charge < -0.3 is 14.8 Å². The molecule has 26 heavy (non-hydrogen) atoms. The topological polar surface area (TPSA) is 77.5 Å². The number of aromatic nitrogens is 1. The molecule has 0 bridgehead atoms. The van der Waals surface area contributed by atoms with Gasteiger partial charge in [-0.15, -0.1) is 0 Å². The lowest BCUT2D eigenvalue weighted by molar-refractivity contribution is -0.139. The largest absolute Gasteiger partial charge is 0.463 e. The van der Waals surface area contributed by atoms with E-state index in [1.165, 1.54) is 0 Å². The van der Waals surface area contributed by atoms with E-state index >= 15 is 0 Å². The summed E-state index contributed by atoms with van der Waals surface area (Å²) in [5, 5.41) is 3.09. The second-order valence-corrected chi connectivity index (χ2v) is 6.57. The molecule has 0 amide bonds. The van der Waals surface area contributed by atoms with Crippen molar-refractivity contribution in [3.63, 3.8) is 0 Å². The monoisotopic (exact) mass is 376 g/mol. The first kappa shape index (κ1) is 20.0. The van der Waals surface area contributed by atoms with Crippen molar-refractivity contribution in [3.05, 3.63) is 46.4 Å². The van der Waals surface area contributed by atoms with Crippen LogP contribution in [-0.4, -0.2) is 36.4 Å². The number of dihydropyridines is 1. The summed E-state index contributed by atoms with van der Waals surface area (Å²) < 4.78 is 10.2. The quantitative estimate of drug-likeness (QED) is 0.733. The van der Waals surface area contributed by atoms with E-state index in [0.717, 1.165) is 22.7 Å². The summed E-state index contributed by atoms with van der Waals surface area (Å²) in [4.78, 5) is 29.0. The van der Waals surface area contributed by atoms with Crippen molar-refractivity contribution in [3.8, 4) is 0 Å². The molecule has 2 rings (SSSR count). The Bertz CT molecular complexity index is 756. The predicted octanol–water partition coefficient (Wildman–Crippen LogP) is 2.97. The number of rotatable bonds is 7. The highest BCUT2D eigenvalue weighted by Gasteiger charge is 2.26. The zero-order valence-electron chi connectivity index (χ0n) is 15.5. The minimum atomic E-state index is -0.439. The van der Waals surface area contributed by atoms with Crippen LogP contribution in [0.25, 0.3) is 5.70 Å². The minimum Gasteiger partial charge on any atom is -0.463 e. The van der Waals surface area contributed by atoms with Crippen LogP contribution in [0.1, 0.15) is 37.2 Å². The number of carbonyl (C=O) groups excluding carboxylic acids is 2. The summed E-state index contributed by atoms with van der Waals surface area (Å²) >= 11 is 1.68. The molecule has 0 atom stereocenters. The Balaban J connectivity index is 2.43. The molecule has 0 radical (unpaired) electrons. The molecule has 1 aliphatic rings. The Morgan fingerprint density at radius 1 is 1.19 bits per heavy atom. The number of ether oxygens (including phenoxy) is 2. The third kappa shape index (κ3) is 4.88. The second kappa shape index (κ2) is 9.43. The summed E-state index contributed by atoms with van der Waals surface area (Å²) in [5.74, 6) is -0.0960. The highest BCUT2D eigenvalue weighted by molar-refractivity contribution is 7.97. The Morgan fingerprint density at radius 3 is 2.54 bits per heavy atom. The Labute approximate surface area is 158 Å². The van der Waals surface area contributed by atoms with Gasteiger partial charge in [-0.25, -0.2) is 9.59 Å². The van der Waals surface area contributed by atoms with Crippen molar-refractivity contribution in [2.24, 2.45) is 0 Å². The van der Waals surface area contributed by atoms with Crippen LogP contribution in [0.15, 0.2) is 29.5 Å². The van der Waals surface area contributed by atoms with Gasteiger partial charge >= 0.3 is 11.9 Å².